The molecule has 0 aromatic rings. The van der Waals surface area contributed by atoms with Crippen molar-refractivity contribution in [2.24, 2.45) is 5.73 Å². The van der Waals surface area contributed by atoms with Crippen LogP contribution in [0.25, 0.3) is 0 Å². The second-order valence-corrected chi connectivity index (χ2v) is 3.63. The first-order valence-electron chi connectivity index (χ1n) is 6.14. The first kappa shape index (κ1) is 20.6. The molecule has 3 N–H and O–H groups in total. The lowest BCUT2D eigenvalue weighted by atomic mass is 10.1. The lowest BCUT2D eigenvalue weighted by Crippen LogP contribution is -1.97. The van der Waals surface area contributed by atoms with E-state index in [4.69, 9.17) is 10.8 Å². The van der Waals surface area contributed by atoms with E-state index in [1.807, 2.05) is 0 Å². The lowest BCUT2D eigenvalue weighted by Gasteiger charge is -1.96. The number of aliphatic hydroxyl groups excluding tert-OH is 1. The van der Waals surface area contributed by atoms with Crippen LogP contribution in [0.3, 0.4) is 0 Å². The van der Waals surface area contributed by atoms with Crippen molar-refractivity contribution in [1.82, 2.24) is 0 Å². The van der Waals surface area contributed by atoms with Crippen LogP contribution >= 0.6 is 12.4 Å². The van der Waals surface area contributed by atoms with E-state index < -0.39 is 0 Å². The van der Waals surface area contributed by atoms with Crippen molar-refractivity contribution in [2.75, 3.05) is 13.2 Å². The van der Waals surface area contributed by atoms with Gasteiger partial charge in [-0.15, -0.1) is 12.4 Å². The Hall–Kier alpha value is 0.210. The molecule has 0 bridgehead atoms. The fourth-order valence-electron chi connectivity index (χ4n) is 1.08. The molecule has 0 aliphatic carbocycles. The highest BCUT2D eigenvalue weighted by Gasteiger charge is 1.85. The number of aliphatic hydroxyl groups is 1. The van der Waals surface area contributed by atoms with E-state index in [9.17, 15) is 0 Å². The summed E-state index contributed by atoms with van der Waals surface area (Å²) in [6.07, 6.45) is 10.1. The third kappa shape index (κ3) is 31.4. The topological polar surface area (TPSA) is 46.2 Å². The molecule has 0 amide bonds. The fourth-order valence-corrected chi connectivity index (χ4v) is 1.08. The van der Waals surface area contributed by atoms with Crippen LogP contribution in [0.4, 0.5) is 0 Å². The molecule has 0 saturated carbocycles. The van der Waals surface area contributed by atoms with E-state index >= 15 is 0 Å². The zero-order valence-corrected chi connectivity index (χ0v) is 11.3. The zero-order chi connectivity index (χ0) is 11.1. The van der Waals surface area contributed by atoms with Gasteiger partial charge in [0.15, 0.2) is 0 Å². The molecule has 15 heavy (non-hydrogen) atoms. The molecule has 0 heterocycles. The first-order valence-corrected chi connectivity index (χ1v) is 6.14. The van der Waals surface area contributed by atoms with E-state index in [1.54, 1.807) is 0 Å². The maximum atomic E-state index is 8.07. The number of nitrogens with two attached hydrogens (primary N) is 1. The van der Waals surface area contributed by atoms with Crippen molar-refractivity contribution in [2.45, 2.75) is 65.2 Å². The second kappa shape index (κ2) is 23.8. The highest BCUT2D eigenvalue weighted by molar-refractivity contribution is 5.85. The Kier molecular flexibility index (Phi) is 32.7. The predicted octanol–water partition coefficient (Wildman–Crippen LogP) is 3.51. The Labute approximate surface area is 102 Å². The van der Waals surface area contributed by atoms with Gasteiger partial charge in [-0.1, -0.05) is 52.4 Å². The summed E-state index contributed by atoms with van der Waals surface area (Å²) < 4.78 is 0. The standard InChI is InChI=1S/C8H19N.C4H10O.ClH/c1-2-3-4-5-6-7-8-9;1-2-3-4-5;/h2-9H2,1H3;5H,2-4H2,1H3;1H. The van der Waals surface area contributed by atoms with Gasteiger partial charge in [0.2, 0.25) is 0 Å². The van der Waals surface area contributed by atoms with E-state index in [-0.39, 0.29) is 12.4 Å². The fraction of sp³-hybridized carbons (Fsp3) is 1.00. The Morgan fingerprint density at radius 3 is 1.60 bits per heavy atom. The lowest BCUT2D eigenvalue weighted by molar-refractivity contribution is 0.287. The molecule has 0 rings (SSSR count). The average molecular weight is 240 g/mol. The summed E-state index contributed by atoms with van der Waals surface area (Å²) in [7, 11) is 0. The van der Waals surface area contributed by atoms with E-state index in [2.05, 4.69) is 13.8 Å². The van der Waals surface area contributed by atoms with Crippen LogP contribution in [-0.2, 0) is 0 Å². The Morgan fingerprint density at radius 2 is 1.27 bits per heavy atom. The molecule has 96 valence electrons. The molecule has 3 heteroatoms. The Balaban J connectivity index is -0.000000208. The van der Waals surface area contributed by atoms with Crippen molar-refractivity contribution in [3.63, 3.8) is 0 Å². The smallest absolute Gasteiger partial charge is 0.0430 e. The van der Waals surface area contributed by atoms with E-state index in [0.717, 1.165) is 19.4 Å². The molecule has 0 aromatic carbocycles. The highest BCUT2D eigenvalue weighted by atomic mass is 35.5. The SMILES string of the molecule is CCCCCCCCN.CCCCO.Cl. The van der Waals surface area contributed by atoms with Crippen LogP contribution in [-0.4, -0.2) is 18.3 Å². The van der Waals surface area contributed by atoms with Crippen LogP contribution in [0.5, 0.6) is 0 Å². The summed E-state index contributed by atoms with van der Waals surface area (Å²) in [5.41, 5.74) is 5.34. The zero-order valence-electron chi connectivity index (χ0n) is 10.5. The molecular weight excluding hydrogens is 210 g/mol. The largest absolute Gasteiger partial charge is 0.396 e. The molecule has 0 aliphatic rings. The summed E-state index contributed by atoms with van der Waals surface area (Å²) in [5, 5.41) is 8.07. The molecule has 0 atom stereocenters. The van der Waals surface area contributed by atoms with E-state index in [0.29, 0.717) is 6.61 Å². The molecule has 0 fully saturated rings. The summed E-state index contributed by atoms with van der Waals surface area (Å²) in [6, 6.07) is 0. The molecule has 0 radical (unpaired) electrons. The van der Waals surface area contributed by atoms with Gasteiger partial charge in [-0.25, -0.2) is 0 Å². The van der Waals surface area contributed by atoms with Gasteiger partial charge in [0.25, 0.3) is 0 Å². The van der Waals surface area contributed by atoms with Crippen LogP contribution in [0.1, 0.15) is 65.2 Å². The summed E-state index contributed by atoms with van der Waals surface area (Å²) in [6.45, 7) is 5.50. The predicted molar refractivity (Wildman–Crippen MR) is 71.7 cm³/mol. The van der Waals surface area contributed by atoms with Gasteiger partial charge in [0, 0.05) is 6.61 Å². The molecule has 0 saturated heterocycles. The molecule has 0 spiro atoms. The van der Waals surface area contributed by atoms with Gasteiger partial charge < -0.3 is 10.8 Å². The van der Waals surface area contributed by atoms with Crippen molar-refractivity contribution in [3.8, 4) is 0 Å². The van der Waals surface area contributed by atoms with Gasteiger partial charge in [-0.3, -0.25) is 0 Å². The molecule has 0 aromatic heterocycles. The van der Waals surface area contributed by atoms with Crippen molar-refractivity contribution in [1.29, 1.82) is 0 Å². The van der Waals surface area contributed by atoms with Crippen LogP contribution in [0.2, 0.25) is 0 Å². The maximum Gasteiger partial charge on any atom is 0.0430 e. The molecule has 2 nitrogen and oxygen atoms in total. The number of hydrogen-bond donors (Lipinski definition) is 2. The summed E-state index contributed by atoms with van der Waals surface area (Å²) in [5.74, 6) is 0. The number of rotatable bonds is 8. The second-order valence-electron chi connectivity index (χ2n) is 3.63. The van der Waals surface area contributed by atoms with Crippen molar-refractivity contribution < 1.29 is 5.11 Å². The van der Waals surface area contributed by atoms with Crippen LogP contribution in [0.15, 0.2) is 0 Å². The monoisotopic (exact) mass is 239 g/mol. The van der Waals surface area contributed by atoms with Gasteiger partial charge in [-0.05, 0) is 19.4 Å². The summed E-state index contributed by atoms with van der Waals surface area (Å²) >= 11 is 0. The number of hydrogen-bond acceptors (Lipinski definition) is 2. The molecular formula is C12H30ClNO. The first-order chi connectivity index (χ1) is 6.83. The minimum absolute atomic E-state index is 0. The third-order valence-electron chi connectivity index (χ3n) is 2.07. The average Bonchev–Trinajstić information content (AvgIpc) is 2.20. The highest BCUT2D eigenvalue weighted by Crippen LogP contribution is 2.03. The molecule has 0 unspecified atom stereocenters. The minimum atomic E-state index is 0. The Morgan fingerprint density at radius 1 is 0.800 bits per heavy atom. The number of unbranched alkanes of at least 4 members (excludes halogenated alkanes) is 6. The van der Waals surface area contributed by atoms with E-state index in [1.165, 1.54) is 38.5 Å². The van der Waals surface area contributed by atoms with Crippen LogP contribution < -0.4 is 5.73 Å². The van der Waals surface area contributed by atoms with Crippen molar-refractivity contribution >= 4 is 12.4 Å². The normalized spacial score (nSPS) is 8.80. The maximum absolute atomic E-state index is 8.07. The quantitative estimate of drug-likeness (QED) is 0.637. The van der Waals surface area contributed by atoms with Crippen LogP contribution in [0, 0.1) is 0 Å². The molecule has 0 aliphatic heterocycles. The van der Waals surface area contributed by atoms with Crippen molar-refractivity contribution in [3.05, 3.63) is 0 Å². The summed E-state index contributed by atoms with van der Waals surface area (Å²) in [4.78, 5) is 0. The number of halogens is 1. The van der Waals surface area contributed by atoms with Gasteiger partial charge in [-0.2, -0.15) is 0 Å². The Bertz CT molecular complexity index is 74.0. The minimum Gasteiger partial charge on any atom is -0.396 e. The van der Waals surface area contributed by atoms with Gasteiger partial charge in [0.1, 0.15) is 0 Å². The third-order valence-corrected chi connectivity index (χ3v) is 2.07. The van der Waals surface area contributed by atoms with Gasteiger partial charge in [0.05, 0.1) is 0 Å². The van der Waals surface area contributed by atoms with Gasteiger partial charge >= 0.3 is 0 Å².